The van der Waals surface area contributed by atoms with Crippen molar-refractivity contribution < 1.29 is 33.6 Å². The fraction of sp³-hybridized carbons (Fsp3) is 0.938. The Kier molecular flexibility index (Phi) is 13.5. The maximum atomic E-state index is 10.4. The van der Waals surface area contributed by atoms with Gasteiger partial charge in [0.25, 0.3) is 0 Å². The Balaban J connectivity index is 1.68. The van der Waals surface area contributed by atoms with Crippen LogP contribution in [0, 0.1) is 5.92 Å². The van der Waals surface area contributed by atoms with Crippen molar-refractivity contribution in [2.24, 2.45) is 11.7 Å². The minimum Gasteiger partial charge on any atom is -0.465 e. The molecule has 1 aliphatic carbocycles. The van der Waals surface area contributed by atoms with Crippen LogP contribution in [0.3, 0.4) is 0 Å². The number of hydrogen-bond acceptors (Lipinski definition) is 7. The number of hydrogen-bond donors (Lipinski definition) is 3. The Hall–Kier alpha value is -0.970. The van der Waals surface area contributed by atoms with Crippen molar-refractivity contribution in [2.45, 2.75) is 18.9 Å². The highest BCUT2D eigenvalue weighted by Gasteiger charge is 2.30. The van der Waals surface area contributed by atoms with Crippen molar-refractivity contribution in [3.05, 3.63) is 0 Å². The lowest BCUT2D eigenvalue weighted by molar-refractivity contribution is -0.0176. The number of ether oxygens (including phenoxy) is 5. The summed E-state index contributed by atoms with van der Waals surface area (Å²) in [5, 5.41) is 11.0. The first-order valence-corrected chi connectivity index (χ1v) is 8.80. The molecule has 148 valence electrons. The number of nitrogens with one attached hydrogen (secondary N) is 1. The van der Waals surface area contributed by atoms with E-state index in [2.05, 4.69) is 5.32 Å². The smallest absolute Gasteiger partial charge is 0.404 e. The normalized spacial score (nSPS) is 19.6. The molecule has 0 saturated heterocycles. The molecule has 9 heteroatoms. The lowest BCUT2D eigenvalue weighted by atomic mass is 9.81. The van der Waals surface area contributed by atoms with Gasteiger partial charge < -0.3 is 39.8 Å². The van der Waals surface area contributed by atoms with Crippen LogP contribution in [0.5, 0.6) is 0 Å². The third-order valence-electron chi connectivity index (χ3n) is 3.67. The largest absolute Gasteiger partial charge is 0.465 e. The van der Waals surface area contributed by atoms with E-state index in [0.717, 1.165) is 12.8 Å². The summed E-state index contributed by atoms with van der Waals surface area (Å²) in [5.74, 6) is 0.445. The van der Waals surface area contributed by atoms with Crippen LogP contribution in [-0.2, 0) is 23.7 Å². The molecule has 1 amide bonds. The summed E-state index contributed by atoms with van der Waals surface area (Å²) < 4.78 is 26.8. The van der Waals surface area contributed by atoms with Crippen molar-refractivity contribution in [3.8, 4) is 0 Å². The van der Waals surface area contributed by atoms with E-state index in [4.69, 9.17) is 34.5 Å². The van der Waals surface area contributed by atoms with Gasteiger partial charge in [0.1, 0.15) is 0 Å². The highest BCUT2D eigenvalue weighted by molar-refractivity contribution is 5.65. The maximum absolute atomic E-state index is 10.4. The Morgan fingerprint density at radius 3 is 1.72 bits per heavy atom. The van der Waals surface area contributed by atoms with Crippen LogP contribution in [0.2, 0.25) is 0 Å². The second-order valence-corrected chi connectivity index (χ2v) is 5.80. The second-order valence-electron chi connectivity index (χ2n) is 5.80. The SMILES string of the molecule is NCCOCCOCCOCCOCCOCC1CC(NC(=O)O)C1. The molecule has 1 aliphatic rings. The molecule has 0 unspecified atom stereocenters. The van der Waals surface area contributed by atoms with Gasteiger partial charge >= 0.3 is 6.09 Å². The summed E-state index contributed by atoms with van der Waals surface area (Å²) in [6.45, 7) is 6.03. The molecule has 4 N–H and O–H groups in total. The molecule has 1 fully saturated rings. The monoisotopic (exact) mass is 364 g/mol. The summed E-state index contributed by atoms with van der Waals surface area (Å²) in [5.41, 5.74) is 5.29. The van der Waals surface area contributed by atoms with Gasteiger partial charge in [-0.3, -0.25) is 0 Å². The lowest BCUT2D eigenvalue weighted by Crippen LogP contribution is -2.45. The fourth-order valence-electron chi connectivity index (χ4n) is 2.38. The van der Waals surface area contributed by atoms with E-state index < -0.39 is 6.09 Å². The predicted octanol–water partition coefficient (Wildman–Crippen LogP) is 0.0743. The van der Waals surface area contributed by atoms with Crippen LogP contribution in [0.15, 0.2) is 0 Å². The van der Waals surface area contributed by atoms with Crippen molar-refractivity contribution in [1.29, 1.82) is 0 Å². The van der Waals surface area contributed by atoms with Crippen molar-refractivity contribution in [3.63, 3.8) is 0 Å². The number of amides is 1. The van der Waals surface area contributed by atoms with Gasteiger partial charge in [0.05, 0.1) is 59.5 Å². The number of carbonyl (C=O) groups is 1. The Morgan fingerprint density at radius 2 is 1.28 bits per heavy atom. The molecule has 0 bridgehead atoms. The third-order valence-corrected chi connectivity index (χ3v) is 3.67. The van der Waals surface area contributed by atoms with Gasteiger partial charge in [0.2, 0.25) is 0 Å². The van der Waals surface area contributed by atoms with Crippen molar-refractivity contribution >= 4 is 6.09 Å². The molecule has 25 heavy (non-hydrogen) atoms. The standard InChI is InChI=1S/C16H32N2O7/c17-1-2-21-3-4-22-5-6-23-7-8-24-9-10-25-13-14-11-15(12-14)18-16(19)20/h14-15,18H,1-13,17H2,(H,19,20). The van der Waals surface area contributed by atoms with Crippen LogP contribution in [0.1, 0.15) is 12.8 Å². The van der Waals surface area contributed by atoms with Gasteiger partial charge in [-0.05, 0) is 18.8 Å². The molecule has 1 rings (SSSR count). The van der Waals surface area contributed by atoms with E-state index in [-0.39, 0.29) is 6.04 Å². The Labute approximate surface area is 149 Å². The van der Waals surface area contributed by atoms with E-state index in [9.17, 15) is 4.79 Å². The average molecular weight is 364 g/mol. The van der Waals surface area contributed by atoms with Gasteiger partial charge in [-0.1, -0.05) is 0 Å². The first-order valence-electron chi connectivity index (χ1n) is 8.80. The van der Waals surface area contributed by atoms with E-state index in [1.165, 1.54) is 0 Å². The molecule has 0 aromatic heterocycles. The van der Waals surface area contributed by atoms with Crippen LogP contribution in [0.25, 0.3) is 0 Å². The minimum absolute atomic E-state index is 0.0851. The summed E-state index contributed by atoms with van der Waals surface area (Å²) in [6.07, 6.45) is 0.743. The predicted molar refractivity (Wildman–Crippen MR) is 90.8 cm³/mol. The first-order chi connectivity index (χ1) is 12.2. The summed E-state index contributed by atoms with van der Waals surface area (Å²) in [4.78, 5) is 10.4. The summed E-state index contributed by atoms with van der Waals surface area (Å²) >= 11 is 0. The lowest BCUT2D eigenvalue weighted by Gasteiger charge is -2.34. The fourth-order valence-corrected chi connectivity index (χ4v) is 2.38. The molecule has 9 nitrogen and oxygen atoms in total. The van der Waals surface area contributed by atoms with Crippen molar-refractivity contribution in [2.75, 3.05) is 72.6 Å². The number of nitrogens with two attached hydrogens (primary N) is 1. The third kappa shape index (κ3) is 13.0. The van der Waals surface area contributed by atoms with Crippen LogP contribution in [0.4, 0.5) is 4.79 Å². The maximum Gasteiger partial charge on any atom is 0.404 e. The molecule has 1 saturated carbocycles. The molecular formula is C16H32N2O7. The van der Waals surface area contributed by atoms with Gasteiger partial charge in [-0.25, -0.2) is 4.79 Å². The van der Waals surface area contributed by atoms with Crippen molar-refractivity contribution in [1.82, 2.24) is 5.32 Å². The van der Waals surface area contributed by atoms with Crippen LogP contribution >= 0.6 is 0 Å². The molecule has 0 spiro atoms. The average Bonchev–Trinajstić information content (AvgIpc) is 2.55. The molecule has 0 aliphatic heterocycles. The van der Waals surface area contributed by atoms with E-state index in [1.54, 1.807) is 0 Å². The highest BCUT2D eigenvalue weighted by Crippen LogP contribution is 2.27. The zero-order valence-electron chi connectivity index (χ0n) is 14.8. The van der Waals surface area contributed by atoms with Crippen LogP contribution in [-0.4, -0.2) is 89.9 Å². The van der Waals surface area contributed by atoms with Gasteiger partial charge in [-0.15, -0.1) is 0 Å². The summed E-state index contributed by atoms with van der Waals surface area (Å²) in [6, 6.07) is 0.0851. The Bertz CT molecular complexity index is 328. The molecular weight excluding hydrogens is 332 g/mol. The van der Waals surface area contributed by atoms with E-state index in [1.807, 2.05) is 0 Å². The van der Waals surface area contributed by atoms with Gasteiger partial charge in [0.15, 0.2) is 0 Å². The molecule has 0 atom stereocenters. The zero-order chi connectivity index (χ0) is 18.2. The van der Waals surface area contributed by atoms with Crippen LogP contribution < -0.4 is 11.1 Å². The summed E-state index contributed by atoms with van der Waals surface area (Å²) in [7, 11) is 0. The molecule has 0 radical (unpaired) electrons. The quantitative estimate of drug-likeness (QED) is 0.310. The molecule has 0 aromatic rings. The highest BCUT2D eigenvalue weighted by atomic mass is 16.6. The zero-order valence-corrected chi connectivity index (χ0v) is 14.8. The molecule has 0 aromatic carbocycles. The van der Waals surface area contributed by atoms with Gasteiger partial charge in [-0.2, -0.15) is 0 Å². The Morgan fingerprint density at radius 1 is 0.840 bits per heavy atom. The van der Waals surface area contributed by atoms with Gasteiger partial charge in [0, 0.05) is 19.2 Å². The first kappa shape index (κ1) is 22.1. The number of carboxylic acid groups (broad SMARTS) is 1. The topological polar surface area (TPSA) is 122 Å². The molecule has 0 heterocycles. The van der Waals surface area contributed by atoms with E-state index >= 15 is 0 Å². The number of rotatable bonds is 17. The van der Waals surface area contributed by atoms with E-state index in [0.29, 0.717) is 78.5 Å². The minimum atomic E-state index is -0.955. The second kappa shape index (κ2) is 15.3.